The van der Waals surface area contributed by atoms with Crippen molar-refractivity contribution in [3.05, 3.63) is 28.1 Å². The summed E-state index contributed by atoms with van der Waals surface area (Å²) in [6.45, 7) is 3.54. The lowest BCUT2D eigenvalue weighted by Gasteiger charge is -2.13. The first-order valence-corrected chi connectivity index (χ1v) is 6.20. The summed E-state index contributed by atoms with van der Waals surface area (Å²) in [5, 5.41) is 10.1. The van der Waals surface area contributed by atoms with Crippen LogP contribution in [0.4, 0.5) is 0 Å². The molecule has 110 valence electrons. The lowest BCUT2D eigenvalue weighted by Crippen LogP contribution is -2.23. The summed E-state index contributed by atoms with van der Waals surface area (Å²) in [7, 11) is 2.64. The first-order chi connectivity index (χ1) is 9.47. The summed E-state index contributed by atoms with van der Waals surface area (Å²) in [5.74, 6) is -1.44. The molecule has 0 aliphatic heterocycles. The van der Waals surface area contributed by atoms with Gasteiger partial charge in [0.05, 0.1) is 14.2 Å². The number of H-pyrrole nitrogens is 1. The van der Waals surface area contributed by atoms with Crippen molar-refractivity contribution < 1.29 is 19.4 Å². The highest BCUT2D eigenvalue weighted by Crippen LogP contribution is 2.36. The number of allylic oxidation sites excluding steroid dienone is 2. The topological polar surface area (TPSA) is 88.6 Å². The van der Waals surface area contributed by atoms with Crippen molar-refractivity contribution in [1.82, 2.24) is 4.98 Å². The largest absolute Gasteiger partial charge is 0.503 e. The molecule has 20 heavy (non-hydrogen) atoms. The highest BCUT2D eigenvalue weighted by atomic mass is 16.5. The van der Waals surface area contributed by atoms with Crippen LogP contribution in [0.5, 0.6) is 17.4 Å². The first kappa shape index (κ1) is 15.8. The average Bonchev–Trinajstić information content (AvgIpc) is 2.43. The molecule has 0 amide bonds. The summed E-state index contributed by atoms with van der Waals surface area (Å²) in [5.41, 5.74) is -1.00. The maximum Gasteiger partial charge on any atom is 0.265 e. The molecule has 0 spiro atoms. The molecule has 1 aromatic heterocycles. The number of ketones is 1. The van der Waals surface area contributed by atoms with E-state index >= 15 is 0 Å². The van der Waals surface area contributed by atoms with Crippen molar-refractivity contribution in [3.8, 4) is 17.4 Å². The second-order valence-corrected chi connectivity index (χ2v) is 4.31. The van der Waals surface area contributed by atoms with Gasteiger partial charge >= 0.3 is 0 Å². The van der Waals surface area contributed by atoms with Gasteiger partial charge in [0, 0.05) is 5.92 Å². The Morgan fingerprint density at radius 1 is 1.40 bits per heavy atom. The van der Waals surface area contributed by atoms with Gasteiger partial charge in [-0.2, -0.15) is 0 Å². The van der Waals surface area contributed by atoms with E-state index in [0.29, 0.717) is 6.42 Å². The number of carbonyl (C=O) groups is 1. The van der Waals surface area contributed by atoms with Crippen LogP contribution in [-0.4, -0.2) is 30.1 Å². The van der Waals surface area contributed by atoms with Crippen molar-refractivity contribution >= 4 is 5.78 Å². The molecule has 0 bridgehead atoms. The highest BCUT2D eigenvalue weighted by molar-refractivity contribution is 6.00. The molecule has 2 N–H and O–H groups in total. The molecule has 1 atom stereocenters. The van der Waals surface area contributed by atoms with Crippen molar-refractivity contribution in [2.24, 2.45) is 5.92 Å². The van der Waals surface area contributed by atoms with Gasteiger partial charge in [-0.1, -0.05) is 19.1 Å². The maximum atomic E-state index is 12.2. The first-order valence-electron chi connectivity index (χ1n) is 6.20. The van der Waals surface area contributed by atoms with Crippen molar-refractivity contribution in [2.45, 2.75) is 20.3 Å². The predicted octanol–water partition coefficient (Wildman–Crippen LogP) is 1.88. The molecular weight excluding hydrogens is 262 g/mol. The average molecular weight is 281 g/mol. The van der Waals surface area contributed by atoms with Crippen LogP contribution >= 0.6 is 0 Å². The second kappa shape index (κ2) is 6.79. The molecule has 0 unspecified atom stereocenters. The zero-order chi connectivity index (χ0) is 15.3. The smallest absolute Gasteiger partial charge is 0.265 e. The molecule has 0 saturated heterocycles. The number of methoxy groups -OCH3 is 2. The van der Waals surface area contributed by atoms with Crippen LogP contribution in [0.3, 0.4) is 0 Å². The van der Waals surface area contributed by atoms with E-state index in [1.807, 2.05) is 19.1 Å². The number of hydrogen-bond acceptors (Lipinski definition) is 5. The summed E-state index contributed by atoms with van der Waals surface area (Å²) in [6, 6.07) is 0. The third-order valence-electron chi connectivity index (χ3n) is 2.94. The van der Waals surface area contributed by atoms with Gasteiger partial charge in [-0.25, -0.2) is 0 Å². The molecule has 6 heteroatoms. The van der Waals surface area contributed by atoms with Crippen LogP contribution in [0.15, 0.2) is 16.9 Å². The molecule has 1 heterocycles. The highest BCUT2D eigenvalue weighted by Gasteiger charge is 2.26. The Bertz CT molecular complexity index is 574. The van der Waals surface area contributed by atoms with E-state index in [1.165, 1.54) is 14.2 Å². The quantitative estimate of drug-likeness (QED) is 0.614. The van der Waals surface area contributed by atoms with Crippen LogP contribution in [0.2, 0.25) is 0 Å². The number of aromatic amines is 1. The molecule has 0 aliphatic rings. The van der Waals surface area contributed by atoms with Crippen molar-refractivity contribution in [1.29, 1.82) is 0 Å². The number of ether oxygens (including phenoxy) is 2. The van der Waals surface area contributed by atoms with E-state index in [-0.39, 0.29) is 17.2 Å². The minimum atomic E-state index is -0.697. The van der Waals surface area contributed by atoms with Crippen molar-refractivity contribution in [2.75, 3.05) is 14.2 Å². The number of rotatable bonds is 6. The Balaban J connectivity index is 3.31. The fraction of sp³-hybridized carbons (Fsp3) is 0.429. The molecule has 1 rings (SSSR count). The minimum absolute atomic E-state index is 0.0207. The standard InChI is InChI=1S/C14H19NO5/c1-5-6-7-8(2)10(16)9-11(17)12(19-3)14(20-4)15-13(9)18/h5-6,8H,7H2,1-4H3,(H2,15,17,18)/t8-/m1/s1. The van der Waals surface area contributed by atoms with Gasteiger partial charge in [0.2, 0.25) is 11.6 Å². The lowest BCUT2D eigenvalue weighted by atomic mass is 9.96. The summed E-state index contributed by atoms with van der Waals surface area (Å²) >= 11 is 0. The number of aromatic hydroxyl groups is 1. The Labute approximate surface area is 117 Å². The van der Waals surface area contributed by atoms with Crippen LogP contribution in [0, 0.1) is 5.92 Å². The van der Waals surface area contributed by atoms with E-state index in [2.05, 4.69) is 4.98 Å². The van der Waals surface area contributed by atoms with Gasteiger partial charge in [-0.05, 0) is 13.3 Å². The van der Waals surface area contributed by atoms with E-state index in [1.54, 1.807) is 6.92 Å². The zero-order valence-corrected chi connectivity index (χ0v) is 12.0. The molecule has 0 fully saturated rings. The second-order valence-electron chi connectivity index (χ2n) is 4.31. The number of pyridine rings is 1. The number of nitrogens with one attached hydrogen (secondary N) is 1. The number of carbonyl (C=O) groups excluding carboxylic acids is 1. The van der Waals surface area contributed by atoms with E-state index < -0.39 is 23.0 Å². The van der Waals surface area contributed by atoms with Crippen LogP contribution < -0.4 is 15.0 Å². The van der Waals surface area contributed by atoms with Gasteiger partial charge in [0.25, 0.3) is 5.56 Å². The fourth-order valence-electron chi connectivity index (χ4n) is 1.81. The van der Waals surface area contributed by atoms with Crippen LogP contribution in [0.1, 0.15) is 30.6 Å². The third-order valence-corrected chi connectivity index (χ3v) is 2.94. The molecule has 0 aromatic carbocycles. The molecule has 0 saturated carbocycles. The lowest BCUT2D eigenvalue weighted by molar-refractivity contribution is 0.0925. The normalized spacial score (nSPS) is 12.4. The van der Waals surface area contributed by atoms with E-state index in [4.69, 9.17) is 9.47 Å². The van der Waals surface area contributed by atoms with Gasteiger partial charge in [0.15, 0.2) is 11.5 Å². The van der Waals surface area contributed by atoms with Gasteiger partial charge in [0.1, 0.15) is 5.56 Å². The third kappa shape index (κ3) is 3.01. The Morgan fingerprint density at radius 2 is 2.05 bits per heavy atom. The molecule has 0 radical (unpaired) electrons. The Morgan fingerprint density at radius 3 is 2.55 bits per heavy atom. The number of hydrogen-bond donors (Lipinski definition) is 2. The molecule has 6 nitrogen and oxygen atoms in total. The van der Waals surface area contributed by atoms with E-state index in [0.717, 1.165) is 0 Å². The van der Waals surface area contributed by atoms with E-state index in [9.17, 15) is 14.7 Å². The minimum Gasteiger partial charge on any atom is -0.503 e. The van der Waals surface area contributed by atoms with Gasteiger partial charge < -0.3 is 14.6 Å². The predicted molar refractivity (Wildman–Crippen MR) is 74.8 cm³/mol. The van der Waals surface area contributed by atoms with Crippen molar-refractivity contribution in [3.63, 3.8) is 0 Å². The van der Waals surface area contributed by atoms with Gasteiger partial charge in [-0.3, -0.25) is 14.6 Å². The summed E-state index contributed by atoms with van der Waals surface area (Å²) in [6.07, 6.45) is 4.14. The molecule has 1 aromatic rings. The van der Waals surface area contributed by atoms with Crippen LogP contribution in [-0.2, 0) is 0 Å². The Hall–Kier alpha value is -2.24. The number of Topliss-reactive ketones (excluding diaryl/α,β-unsaturated/α-hetero) is 1. The maximum absolute atomic E-state index is 12.2. The molecular formula is C14H19NO5. The van der Waals surface area contributed by atoms with Gasteiger partial charge in [-0.15, -0.1) is 0 Å². The Kier molecular flexibility index (Phi) is 5.37. The fourth-order valence-corrected chi connectivity index (χ4v) is 1.81. The summed E-state index contributed by atoms with van der Waals surface area (Å²) < 4.78 is 9.86. The molecule has 0 aliphatic carbocycles. The monoisotopic (exact) mass is 281 g/mol. The number of aromatic nitrogens is 1. The SMILES string of the molecule is CC=CC[C@@H](C)C(=O)c1c(O)c(OC)c(OC)[nH]c1=O. The van der Waals surface area contributed by atoms with Crippen LogP contribution in [0.25, 0.3) is 0 Å². The summed E-state index contributed by atoms with van der Waals surface area (Å²) in [4.78, 5) is 26.5. The zero-order valence-electron chi connectivity index (χ0n) is 12.0.